The second-order valence-corrected chi connectivity index (χ2v) is 6.64. The van der Waals surface area contributed by atoms with Crippen LogP contribution in [0, 0.1) is 6.92 Å². The van der Waals surface area contributed by atoms with E-state index in [1.165, 1.54) is 23.6 Å². The van der Waals surface area contributed by atoms with Crippen LogP contribution in [0.5, 0.6) is 11.5 Å². The van der Waals surface area contributed by atoms with E-state index in [4.69, 9.17) is 9.47 Å². The lowest BCUT2D eigenvalue weighted by molar-refractivity contribution is -0.131. The molecule has 0 N–H and O–H groups in total. The van der Waals surface area contributed by atoms with Gasteiger partial charge >= 0.3 is 5.97 Å². The zero-order valence-electron chi connectivity index (χ0n) is 16.0. The number of rotatable bonds is 6. The fourth-order valence-electron chi connectivity index (χ4n) is 3.05. The predicted molar refractivity (Wildman–Crippen MR) is 108 cm³/mol. The molecule has 3 nitrogen and oxygen atoms in total. The minimum Gasteiger partial charge on any atom is -0.496 e. The van der Waals surface area contributed by atoms with Crippen LogP contribution in [0.1, 0.15) is 23.6 Å². The van der Waals surface area contributed by atoms with Gasteiger partial charge in [0.2, 0.25) is 0 Å². The van der Waals surface area contributed by atoms with Crippen LogP contribution in [0.4, 0.5) is 0 Å². The van der Waals surface area contributed by atoms with E-state index in [2.05, 4.69) is 43.3 Å². The molecule has 0 atom stereocenters. The molecule has 0 bridgehead atoms. The maximum absolute atomic E-state index is 11.0. The molecule has 0 spiro atoms. The summed E-state index contributed by atoms with van der Waals surface area (Å²) < 4.78 is 10.6. The summed E-state index contributed by atoms with van der Waals surface area (Å²) in [6, 6.07) is 22.5. The molecule has 0 saturated heterocycles. The highest BCUT2D eigenvalue weighted by atomic mass is 16.5. The molecule has 0 amide bonds. The summed E-state index contributed by atoms with van der Waals surface area (Å²) in [6.07, 6.45) is 1.84. The second kappa shape index (κ2) is 8.54. The Balaban J connectivity index is 1.74. The van der Waals surface area contributed by atoms with E-state index in [1.807, 2.05) is 30.3 Å². The number of ether oxygens (including phenoxy) is 2. The van der Waals surface area contributed by atoms with Gasteiger partial charge in [0, 0.05) is 12.5 Å². The summed E-state index contributed by atoms with van der Waals surface area (Å²) in [6.45, 7) is 3.49. The molecule has 0 unspecified atom stereocenters. The third kappa shape index (κ3) is 4.98. The number of benzene rings is 3. The average molecular weight is 360 g/mol. The fourth-order valence-corrected chi connectivity index (χ4v) is 3.05. The Morgan fingerprint density at radius 3 is 2.11 bits per heavy atom. The van der Waals surface area contributed by atoms with E-state index in [0.29, 0.717) is 5.75 Å². The largest absolute Gasteiger partial charge is 0.496 e. The quantitative estimate of drug-likeness (QED) is 0.437. The van der Waals surface area contributed by atoms with Gasteiger partial charge < -0.3 is 9.47 Å². The third-order valence-corrected chi connectivity index (χ3v) is 4.51. The number of esters is 1. The molecule has 0 aromatic heterocycles. The molecule has 0 aliphatic carbocycles. The Morgan fingerprint density at radius 1 is 0.852 bits per heavy atom. The van der Waals surface area contributed by atoms with Crippen molar-refractivity contribution >= 4 is 5.97 Å². The third-order valence-electron chi connectivity index (χ3n) is 4.51. The minimum absolute atomic E-state index is 0.301. The Kier molecular flexibility index (Phi) is 5.92. The first-order valence-electron chi connectivity index (χ1n) is 9.06. The van der Waals surface area contributed by atoms with Gasteiger partial charge in [-0.2, -0.15) is 0 Å². The van der Waals surface area contributed by atoms with Crippen LogP contribution < -0.4 is 9.47 Å². The molecular formula is C24H24O3. The summed E-state index contributed by atoms with van der Waals surface area (Å²) in [7, 11) is 1.71. The van der Waals surface area contributed by atoms with Crippen molar-refractivity contribution in [2.45, 2.75) is 26.7 Å². The number of methoxy groups -OCH3 is 1. The highest BCUT2D eigenvalue weighted by Crippen LogP contribution is 2.31. The van der Waals surface area contributed by atoms with Crippen molar-refractivity contribution < 1.29 is 14.3 Å². The number of carbonyl (C=O) groups excluding carboxylic acids is 1. The molecule has 27 heavy (non-hydrogen) atoms. The van der Waals surface area contributed by atoms with Gasteiger partial charge in [-0.3, -0.25) is 4.79 Å². The van der Waals surface area contributed by atoms with Crippen LogP contribution in [0.2, 0.25) is 0 Å². The number of hydrogen-bond acceptors (Lipinski definition) is 3. The molecule has 0 saturated carbocycles. The van der Waals surface area contributed by atoms with E-state index in [-0.39, 0.29) is 5.97 Å². The molecule has 3 aromatic carbocycles. The van der Waals surface area contributed by atoms with Gasteiger partial charge in [-0.05, 0) is 60.7 Å². The molecule has 0 radical (unpaired) electrons. The smallest absolute Gasteiger partial charge is 0.308 e. The average Bonchev–Trinajstić information content (AvgIpc) is 2.67. The normalized spacial score (nSPS) is 10.5. The highest BCUT2D eigenvalue weighted by molar-refractivity contribution is 5.71. The summed E-state index contributed by atoms with van der Waals surface area (Å²) in [5.41, 5.74) is 5.98. The lowest BCUT2D eigenvalue weighted by atomic mass is 9.98. The van der Waals surface area contributed by atoms with Crippen LogP contribution in [0.3, 0.4) is 0 Å². The van der Waals surface area contributed by atoms with Crippen molar-refractivity contribution in [2.75, 3.05) is 7.11 Å². The summed E-state index contributed by atoms with van der Waals surface area (Å²) >= 11 is 0. The lowest BCUT2D eigenvalue weighted by Gasteiger charge is -2.12. The molecule has 3 rings (SSSR count). The maximum atomic E-state index is 11.0. The first-order valence-corrected chi connectivity index (χ1v) is 9.06. The van der Waals surface area contributed by atoms with Gasteiger partial charge in [0.1, 0.15) is 11.5 Å². The van der Waals surface area contributed by atoms with Gasteiger partial charge in [0.15, 0.2) is 0 Å². The van der Waals surface area contributed by atoms with E-state index in [0.717, 1.165) is 29.7 Å². The molecule has 0 aliphatic heterocycles. The molecule has 0 fully saturated rings. The summed E-state index contributed by atoms with van der Waals surface area (Å²) in [5, 5.41) is 0. The number of aryl methyl sites for hydroxylation is 3. The fraction of sp³-hybridized carbons (Fsp3) is 0.208. The van der Waals surface area contributed by atoms with Gasteiger partial charge in [0.25, 0.3) is 0 Å². The Hall–Kier alpha value is -3.07. The molecule has 3 heteroatoms. The second-order valence-electron chi connectivity index (χ2n) is 6.64. The Labute approximate surface area is 160 Å². The SMILES string of the molecule is COc1ccc(CCc2ccc(OC(C)=O)cc2)cc1-c1ccc(C)cc1. The van der Waals surface area contributed by atoms with Gasteiger partial charge in [0.05, 0.1) is 7.11 Å². The lowest BCUT2D eigenvalue weighted by Crippen LogP contribution is -2.01. The summed E-state index contributed by atoms with van der Waals surface area (Å²) in [5.74, 6) is 1.16. The van der Waals surface area contributed by atoms with Crippen molar-refractivity contribution in [3.63, 3.8) is 0 Å². The predicted octanol–water partition coefficient (Wildman–Crippen LogP) is 5.38. The van der Waals surface area contributed by atoms with Crippen molar-refractivity contribution in [1.29, 1.82) is 0 Å². The van der Waals surface area contributed by atoms with Gasteiger partial charge in [-0.15, -0.1) is 0 Å². The number of carbonyl (C=O) groups is 1. The van der Waals surface area contributed by atoms with Crippen LogP contribution in [-0.4, -0.2) is 13.1 Å². The van der Waals surface area contributed by atoms with Crippen molar-refractivity contribution in [2.24, 2.45) is 0 Å². The van der Waals surface area contributed by atoms with Crippen molar-refractivity contribution in [3.8, 4) is 22.6 Å². The van der Waals surface area contributed by atoms with Crippen molar-refractivity contribution in [1.82, 2.24) is 0 Å². The zero-order chi connectivity index (χ0) is 19.2. The van der Waals surface area contributed by atoms with E-state index in [1.54, 1.807) is 7.11 Å². The van der Waals surface area contributed by atoms with Crippen LogP contribution in [-0.2, 0) is 17.6 Å². The highest BCUT2D eigenvalue weighted by Gasteiger charge is 2.08. The monoisotopic (exact) mass is 360 g/mol. The maximum Gasteiger partial charge on any atom is 0.308 e. The molecule has 3 aromatic rings. The van der Waals surface area contributed by atoms with Crippen LogP contribution >= 0.6 is 0 Å². The molecular weight excluding hydrogens is 336 g/mol. The molecule has 0 heterocycles. The Morgan fingerprint density at radius 2 is 1.48 bits per heavy atom. The molecule has 138 valence electrons. The number of hydrogen-bond donors (Lipinski definition) is 0. The van der Waals surface area contributed by atoms with E-state index < -0.39 is 0 Å². The van der Waals surface area contributed by atoms with Gasteiger partial charge in [-0.1, -0.05) is 48.0 Å². The van der Waals surface area contributed by atoms with Gasteiger partial charge in [-0.25, -0.2) is 0 Å². The van der Waals surface area contributed by atoms with E-state index >= 15 is 0 Å². The van der Waals surface area contributed by atoms with Crippen molar-refractivity contribution in [3.05, 3.63) is 83.4 Å². The van der Waals surface area contributed by atoms with Crippen LogP contribution in [0.15, 0.2) is 66.7 Å². The molecule has 0 aliphatic rings. The minimum atomic E-state index is -0.301. The van der Waals surface area contributed by atoms with E-state index in [9.17, 15) is 4.79 Å². The summed E-state index contributed by atoms with van der Waals surface area (Å²) in [4.78, 5) is 11.0. The Bertz CT molecular complexity index is 909. The standard InChI is InChI=1S/C24H24O3/c1-17-4-11-21(12-5-17)23-16-20(10-15-24(23)26-3)7-6-19-8-13-22(14-9-19)27-18(2)25/h4-5,8-16H,6-7H2,1-3H3. The van der Waals surface area contributed by atoms with Crippen LogP contribution in [0.25, 0.3) is 11.1 Å². The first kappa shape index (κ1) is 18.7. The first-order chi connectivity index (χ1) is 13.0. The topological polar surface area (TPSA) is 35.5 Å². The zero-order valence-corrected chi connectivity index (χ0v) is 16.0.